The number of hydrogen-bond acceptors (Lipinski definition) is 1. The van der Waals surface area contributed by atoms with Gasteiger partial charge in [0.1, 0.15) is 0 Å². The molecule has 22 heavy (non-hydrogen) atoms. The topological polar surface area (TPSA) is 103 Å². The van der Waals surface area contributed by atoms with Crippen molar-refractivity contribution in [1.82, 2.24) is 4.98 Å². The Labute approximate surface area is 144 Å². The average molecular weight is 348 g/mol. The molecule has 0 aliphatic carbocycles. The van der Waals surface area contributed by atoms with Crippen LogP contribution in [-0.2, 0) is 16.5 Å². The first kappa shape index (κ1) is 21.4. The fourth-order valence-electron chi connectivity index (χ4n) is 2.13. The fraction of sp³-hybridized carbons (Fsp3) is 0.667. The molecule has 0 fully saturated rings. The molecule has 0 saturated carbocycles. The third-order valence-corrected chi connectivity index (χ3v) is 3.39. The molecule has 0 spiro atoms. The first-order valence-corrected chi connectivity index (χ1v) is 7.34. The summed E-state index contributed by atoms with van der Waals surface area (Å²) in [7, 11) is 0. The summed E-state index contributed by atoms with van der Waals surface area (Å²) in [5.74, 6) is 0. The van der Waals surface area contributed by atoms with Crippen LogP contribution in [0.4, 0.5) is 0 Å². The number of hydrogen-bond donors (Lipinski definition) is 0. The van der Waals surface area contributed by atoms with E-state index in [2.05, 4.69) is 35.1 Å². The van der Waals surface area contributed by atoms with Gasteiger partial charge in [0.2, 0.25) is 0 Å². The van der Waals surface area contributed by atoms with Gasteiger partial charge in [0.05, 0.1) is 0 Å². The fourth-order valence-corrected chi connectivity index (χ4v) is 2.13. The number of aromatic nitrogens is 1. The van der Waals surface area contributed by atoms with Crippen molar-refractivity contribution in [2.45, 2.75) is 25.9 Å². The van der Waals surface area contributed by atoms with E-state index in [9.17, 15) is 0 Å². The van der Waals surface area contributed by atoms with Gasteiger partial charge in [-0.25, -0.2) is 0 Å². The molecule has 2 heterocycles. The summed E-state index contributed by atoms with van der Waals surface area (Å²) >= 11 is 0. The van der Waals surface area contributed by atoms with Crippen molar-refractivity contribution in [1.29, 1.82) is 0 Å². The van der Waals surface area contributed by atoms with Gasteiger partial charge in [-0.15, -0.1) is 0 Å². The van der Waals surface area contributed by atoms with E-state index in [1.165, 1.54) is 0 Å². The van der Waals surface area contributed by atoms with Crippen molar-refractivity contribution in [3.8, 4) is 0 Å². The molecule has 1 aliphatic rings. The van der Waals surface area contributed by atoms with Crippen LogP contribution in [0.5, 0.6) is 0 Å². The number of rotatable bonds is 0. The van der Waals surface area contributed by atoms with Crippen LogP contribution in [0.15, 0.2) is 18.2 Å². The first-order valence-electron chi connectivity index (χ1n) is 7.34. The maximum atomic E-state index is 4.70. The van der Waals surface area contributed by atoms with Gasteiger partial charge in [0.15, 0.2) is 0 Å². The molecule has 0 saturated heterocycles. The molecule has 128 valence electrons. The smallest absolute Gasteiger partial charge is 0.693 e. The molecule has 2 bridgehead atoms. The van der Waals surface area contributed by atoms with Crippen molar-refractivity contribution in [2.24, 2.45) is 0 Å². The molecule has 2 atom stereocenters. The Morgan fingerprint density at radius 1 is 0.818 bits per heavy atom. The van der Waals surface area contributed by atoms with Crippen LogP contribution in [0.1, 0.15) is 37.3 Å². The Kier molecular flexibility index (Phi) is 11.6. The van der Waals surface area contributed by atoms with Crippen LogP contribution in [0.25, 0.3) is 27.4 Å². The number of fused-ring (bicyclic) bond motifs is 2. The zero-order chi connectivity index (χ0) is 14.2. The van der Waals surface area contributed by atoms with Crippen LogP contribution in [0.2, 0.25) is 0 Å². The molecule has 0 aromatic carbocycles. The zero-order valence-electron chi connectivity index (χ0n) is 13.3. The third kappa shape index (κ3) is 7.14. The van der Waals surface area contributed by atoms with E-state index in [-0.39, 0.29) is 34.7 Å². The van der Waals surface area contributed by atoms with E-state index < -0.39 is 0 Å². The third-order valence-electron chi connectivity index (χ3n) is 3.39. The van der Waals surface area contributed by atoms with Crippen molar-refractivity contribution in [3.63, 3.8) is 0 Å². The van der Waals surface area contributed by atoms with Crippen LogP contribution >= 0.6 is 0 Å². The van der Waals surface area contributed by atoms with Crippen molar-refractivity contribution < 1.29 is 16.5 Å². The van der Waals surface area contributed by atoms with Gasteiger partial charge in [0.25, 0.3) is 0 Å². The first-order chi connectivity index (χ1) is 9.77. The number of nitrogens with zero attached hydrogens (tertiary/aromatic N) is 5. The van der Waals surface area contributed by atoms with Gasteiger partial charge >= 0.3 is 16.5 Å². The van der Waals surface area contributed by atoms with Gasteiger partial charge in [-0.05, 0) is 12.1 Å². The van der Waals surface area contributed by atoms with Gasteiger partial charge in [-0.2, -0.15) is 39.3 Å². The molecule has 2 N–H and O–H groups in total. The second-order valence-corrected chi connectivity index (χ2v) is 4.99. The SMILES string of the molecule is CC1[N-]CC[N-]CC[N-]CC[N-]C(C)c2cccc1n2.[NH2-].[Ni+2]. The Morgan fingerprint density at radius 3 is 1.68 bits per heavy atom. The van der Waals surface area contributed by atoms with Crippen molar-refractivity contribution in [2.75, 3.05) is 39.3 Å². The minimum atomic E-state index is 0. The summed E-state index contributed by atoms with van der Waals surface area (Å²) in [6.45, 7) is 8.83. The Morgan fingerprint density at radius 2 is 1.23 bits per heavy atom. The van der Waals surface area contributed by atoms with Gasteiger partial charge in [0, 0.05) is 11.4 Å². The molecule has 0 radical (unpaired) electrons. The van der Waals surface area contributed by atoms with E-state index in [0.29, 0.717) is 0 Å². The Balaban J connectivity index is 0.00000220. The van der Waals surface area contributed by atoms with Gasteiger partial charge in [-0.3, -0.25) is 4.98 Å². The summed E-state index contributed by atoms with van der Waals surface area (Å²) < 4.78 is 0. The van der Waals surface area contributed by atoms with E-state index >= 15 is 0 Å². The predicted molar refractivity (Wildman–Crippen MR) is 89.0 cm³/mol. The predicted octanol–water partition coefficient (Wildman–Crippen LogP) is 4.43. The molecule has 6 nitrogen and oxygen atoms in total. The van der Waals surface area contributed by atoms with Crippen LogP contribution in [0.3, 0.4) is 0 Å². The van der Waals surface area contributed by atoms with Gasteiger partial charge < -0.3 is 27.4 Å². The Bertz CT molecular complexity index is 370. The largest absolute Gasteiger partial charge is 2.00 e. The summed E-state index contributed by atoms with van der Waals surface area (Å²) in [5.41, 5.74) is 2.04. The second-order valence-electron chi connectivity index (χ2n) is 4.99. The molecule has 1 aromatic rings. The zero-order valence-corrected chi connectivity index (χ0v) is 14.2. The molecular formula is C15H25N6Ni-3. The summed E-state index contributed by atoms with van der Waals surface area (Å²) in [5, 5.41) is 18.1. The molecule has 0 amide bonds. The number of pyridine rings is 1. The average Bonchev–Trinajstić information content (AvgIpc) is 2.48. The molecule has 2 unspecified atom stereocenters. The van der Waals surface area contributed by atoms with Crippen molar-refractivity contribution in [3.05, 3.63) is 57.0 Å². The quantitative estimate of drug-likeness (QED) is 0.636. The van der Waals surface area contributed by atoms with E-state index in [1.807, 2.05) is 18.2 Å². The molecular weight excluding hydrogens is 323 g/mol. The summed E-state index contributed by atoms with van der Waals surface area (Å²) in [6.07, 6.45) is 0. The molecule has 1 aromatic heterocycles. The maximum Gasteiger partial charge on any atom is 2.00 e. The Hall–Kier alpha value is -0.556. The minimum absolute atomic E-state index is 0. The minimum Gasteiger partial charge on any atom is -0.693 e. The summed E-state index contributed by atoms with van der Waals surface area (Å²) in [4.78, 5) is 4.70. The summed E-state index contributed by atoms with van der Waals surface area (Å²) in [6, 6.07) is 6.35. The molecule has 1 aliphatic heterocycles. The van der Waals surface area contributed by atoms with Crippen LogP contribution in [0, 0.1) is 0 Å². The van der Waals surface area contributed by atoms with Gasteiger partial charge in [-0.1, -0.05) is 32.0 Å². The second kappa shape index (κ2) is 11.9. The monoisotopic (exact) mass is 347 g/mol. The number of nitrogens with two attached hydrogens (primary N) is 1. The molecule has 7 heteroatoms. The van der Waals surface area contributed by atoms with E-state index in [1.54, 1.807) is 0 Å². The van der Waals surface area contributed by atoms with E-state index in [0.717, 1.165) is 50.7 Å². The standard InChI is InChI=1S/C15H23N5.H2N.Ni/c1-12-14-4-3-5-15(20-14)13(2)19-11-9-17-7-6-16-8-10-18-12;;/h3-5,12-13H,6-11H2,1-2H3;1H2;/q-4;-1;+2. The van der Waals surface area contributed by atoms with Crippen molar-refractivity contribution >= 4 is 0 Å². The molecule has 2 rings (SSSR count). The maximum absolute atomic E-state index is 4.70. The van der Waals surface area contributed by atoms with E-state index in [4.69, 9.17) is 4.98 Å². The van der Waals surface area contributed by atoms with Crippen LogP contribution < -0.4 is 0 Å². The normalized spacial score (nSPS) is 24.1. The van der Waals surface area contributed by atoms with Crippen LogP contribution in [-0.4, -0.2) is 44.3 Å².